The first-order chi connectivity index (χ1) is 15.6. The van der Waals surface area contributed by atoms with E-state index in [-0.39, 0.29) is 5.78 Å². The molecule has 1 aliphatic carbocycles. The topological polar surface area (TPSA) is 57.0 Å². The van der Waals surface area contributed by atoms with Gasteiger partial charge in [0.15, 0.2) is 5.78 Å². The van der Waals surface area contributed by atoms with Crippen molar-refractivity contribution in [1.29, 1.82) is 0 Å². The SMILES string of the molecule is CC(=O)C(OC(C)(C)C)c1c(C)nc2sc3c(c2c1-c1ccc2c(cnn2C)c1)CCCC3. The summed E-state index contributed by atoms with van der Waals surface area (Å²) in [5.41, 5.74) is 6.00. The summed E-state index contributed by atoms with van der Waals surface area (Å²) in [6.07, 6.45) is 5.83. The summed E-state index contributed by atoms with van der Waals surface area (Å²) in [5, 5.41) is 6.73. The van der Waals surface area contributed by atoms with Crippen LogP contribution in [0.4, 0.5) is 0 Å². The molecule has 1 unspecified atom stereocenters. The molecule has 0 amide bonds. The molecule has 172 valence electrons. The zero-order valence-electron chi connectivity index (χ0n) is 20.3. The number of Topliss-reactive ketones (excluding diaryl/α,β-unsaturated/α-hetero) is 1. The number of benzene rings is 1. The van der Waals surface area contributed by atoms with Crippen molar-refractivity contribution in [3.05, 3.63) is 46.1 Å². The fourth-order valence-corrected chi connectivity index (χ4v) is 6.37. The monoisotopic (exact) mass is 461 g/mol. The zero-order valence-corrected chi connectivity index (χ0v) is 21.1. The number of carbonyl (C=O) groups excluding carboxylic acids is 1. The molecule has 4 aromatic rings. The first-order valence-electron chi connectivity index (χ1n) is 11.7. The van der Waals surface area contributed by atoms with Gasteiger partial charge in [0.25, 0.3) is 0 Å². The third-order valence-electron chi connectivity index (χ3n) is 6.47. The average Bonchev–Trinajstić information content (AvgIpc) is 3.30. The van der Waals surface area contributed by atoms with Gasteiger partial charge in [-0.2, -0.15) is 5.10 Å². The molecule has 0 N–H and O–H groups in total. The molecule has 33 heavy (non-hydrogen) atoms. The number of thiophene rings is 1. The number of rotatable bonds is 4. The standard InChI is InChI=1S/C27H31N3O2S/c1-15-22(25(16(2)31)32-27(3,4)5)23(17-11-12-20-18(13-17)14-28-30(20)6)24-19-9-7-8-10-21(19)33-26(24)29-15/h11-14,25H,7-10H2,1-6H3. The van der Waals surface area contributed by atoms with Crippen LogP contribution in [0.25, 0.3) is 32.2 Å². The molecule has 5 nitrogen and oxygen atoms in total. The van der Waals surface area contributed by atoms with Crippen LogP contribution in [-0.2, 0) is 29.4 Å². The number of fused-ring (bicyclic) bond motifs is 4. The number of aryl methyl sites for hydroxylation is 4. The molecule has 1 atom stereocenters. The Hall–Kier alpha value is -2.57. The van der Waals surface area contributed by atoms with Gasteiger partial charge in [-0.1, -0.05) is 6.07 Å². The van der Waals surface area contributed by atoms with Crippen LogP contribution in [0.3, 0.4) is 0 Å². The van der Waals surface area contributed by atoms with Crippen molar-refractivity contribution in [2.45, 2.75) is 72.0 Å². The Bertz CT molecular complexity index is 1390. The van der Waals surface area contributed by atoms with Crippen LogP contribution in [0.2, 0.25) is 0 Å². The fraction of sp³-hybridized carbons (Fsp3) is 0.444. The minimum absolute atomic E-state index is 0.00183. The van der Waals surface area contributed by atoms with Crippen LogP contribution in [0, 0.1) is 6.92 Å². The number of hydrogen-bond donors (Lipinski definition) is 0. The maximum absolute atomic E-state index is 13.0. The highest BCUT2D eigenvalue weighted by molar-refractivity contribution is 7.19. The minimum Gasteiger partial charge on any atom is -0.360 e. The second-order valence-electron chi connectivity index (χ2n) is 10.1. The normalized spacial score (nSPS) is 15.2. The third-order valence-corrected chi connectivity index (χ3v) is 7.65. The molecule has 1 aromatic carbocycles. The zero-order chi connectivity index (χ0) is 23.5. The molecular weight excluding hydrogens is 430 g/mol. The van der Waals surface area contributed by atoms with E-state index in [4.69, 9.17) is 9.72 Å². The quantitative estimate of drug-likeness (QED) is 0.349. The molecular formula is C27H31N3O2S. The lowest BCUT2D eigenvalue weighted by Crippen LogP contribution is -2.27. The lowest BCUT2D eigenvalue weighted by atomic mass is 9.87. The van der Waals surface area contributed by atoms with Crippen molar-refractivity contribution >= 4 is 38.2 Å². The van der Waals surface area contributed by atoms with Gasteiger partial charge >= 0.3 is 0 Å². The second kappa shape index (κ2) is 8.03. The van der Waals surface area contributed by atoms with E-state index in [9.17, 15) is 4.79 Å². The Morgan fingerprint density at radius 1 is 1.21 bits per heavy atom. The highest BCUT2D eigenvalue weighted by Crippen LogP contribution is 2.46. The van der Waals surface area contributed by atoms with E-state index in [1.165, 1.54) is 28.7 Å². The maximum Gasteiger partial charge on any atom is 0.163 e. The Labute approximate surface area is 198 Å². The maximum atomic E-state index is 13.0. The lowest BCUT2D eigenvalue weighted by Gasteiger charge is -2.29. The average molecular weight is 462 g/mol. The van der Waals surface area contributed by atoms with Gasteiger partial charge in [-0.15, -0.1) is 11.3 Å². The molecule has 0 aliphatic heterocycles. The summed E-state index contributed by atoms with van der Waals surface area (Å²) in [4.78, 5) is 20.5. The van der Waals surface area contributed by atoms with Gasteiger partial charge in [0.1, 0.15) is 10.9 Å². The summed E-state index contributed by atoms with van der Waals surface area (Å²) in [6.45, 7) is 9.63. The minimum atomic E-state index is -0.666. The van der Waals surface area contributed by atoms with E-state index >= 15 is 0 Å². The molecule has 6 heteroatoms. The Morgan fingerprint density at radius 2 is 1.97 bits per heavy atom. The first-order valence-corrected chi connectivity index (χ1v) is 12.5. The number of carbonyl (C=O) groups is 1. The van der Waals surface area contributed by atoms with E-state index in [1.54, 1.807) is 6.92 Å². The molecule has 1 aliphatic rings. The van der Waals surface area contributed by atoms with Crippen LogP contribution < -0.4 is 0 Å². The van der Waals surface area contributed by atoms with Gasteiger partial charge in [0.2, 0.25) is 0 Å². The second-order valence-corrected chi connectivity index (χ2v) is 11.2. The van der Waals surface area contributed by atoms with E-state index in [0.29, 0.717) is 0 Å². The highest BCUT2D eigenvalue weighted by atomic mass is 32.1. The predicted octanol–water partition coefficient (Wildman–Crippen LogP) is 6.48. The van der Waals surface area contributed by atoms with Crippen molar-refractivity contribution in [2.24, 2.45) is 7.05 Å². The van der Waals surface area contributed by atoms with Crippen molar-refractivity contribution in [2.75, 3.05) is 0 Å². The molecule has 0 radical (unpaired) electrons. The van der Waals surface area contributed by atoms with Crippen molar-refractivity contribution in [1.82, 2.24) is 14.8 Å². The largest absolute Gasteiger partial charge is 0.360 e. The van der Waals surface area contributed by atoms with Crippen molar-refractivity contribution in [3.8, 4) is 11.1 Å². The number of pyridine rings is 1. The molecule has 3 aromatic heterocycles. The lowest BCUT2D eigenvalue weighted by molar-refractivity contribution is -0.138. The van der Waals surface area contributed by atoms with Crippen LogP contribution in [0.15, 0.2) is 24.4 Å². The van der Waals surface area contributed by atoms with E-state index < -0.39 is 11.7 Å². The molecule has 5 rings (SSSR count). The summed E-state index contributed by atoms with van der Waals surface area (Å²) < 4.78 is 8.28. The molecule has 0 bridgehead atoms. The molecule has 0 spiro atoms. The Kier molecular flexibility index (Phi) is 5.41. The molecule has 0 saturated heterocycles. The van der Waals surface area contributed by atoms with E-state index in [0.717, 1.165) is 51.0 Å². The number of ketones is 1. The number of nitrogens with zero attached hydrogens (tertiary/aromatic N) is 3. The van der Waals surface area contributed by atoms with Gasteiger partial charge in [-0.3, -0.25) is 9.48 Å². The Morgan fingerprint density at radius 3 is 2.70 bits per heavy atom. The molecule has 3 heterocycles. The van der Waals surface area contributed by atoms with E-state index in [1.807, 2.05) is 57.0 Å². The smallest absolute Gasteiger partial charge is 0.163 e. The highest BCUT2D eigenvalue weighted by Gasteiger charge is 2.32. The Balaban J connectivity index is 1.87. The van der Waals surface area contributed by atoms with Crippen LogP contribution >= 0.6 is 11.3 Å². The third kappa shape index (κ3) is 3.89. The molecule has 0 fully saturated rings. The number of ether oxygens (including phenoxy) is 1. The van der Waals surface area contributed by atoms with Crippen molar-refractivity contribution < 1.29 is 9.53 Å². The summed E-state index contributed by atoms with van der Waals surface area (Å²) in [6, 6.07) is 6.47. The van der Waals surface area contributed by atoms with Gasteiger partial charge in [-0.25, -0.2) is 4.98 Å². The number of hydrogen-bond acceptors (Lipinski definition) is 5. The van der Waals surface area contributed by atoms with Crippen LogP contribution in [0.1, 0.15) is 68.3 Å². The van der Waals surface area contributed by atoms with Gasteiger partial charge in [0, 0.05) is 39.5 Å². The van der Waals surface area contributed by atoms with Crippen LogP contribution in [-0.4, -0.2) is 26.1 Å². The van der Waals surface area contributed by atoms with Crippen molar-refractivity contribution in [3.63, 3.8) is 0 Å². The summed E-state index contributed by atoms with van der Waals surface area (Å²) in [7, 11) is 1.96. The first kappa shape index (κ1) is 22.2. The van der Waals surface area contributed by atoms with E-state index in [2.05, 4.69) is 23.3 Å². The number of aromatic nitrogens is 3. The summed E-state index contributed by atoms with van der Waals surface area (Å²) in [5.74, 6) is 0.00183. The van der Waals surface area contributed by atoms with Gasteiger partial charge in [0.05, 0.1) is 17.3 Å². The van der Waals surface area contributed by atoms with Gasteiger partial charge in [-0.05, 0) is 83.6 Å². The summed E-state index contributed by atoms with van der Waals surface area (Å²) >= 11 is 1.82. The fourth-order valence-electron chi connectivity index (χ4n) is 5.05. The van der Waals surface area contributed by atoms with Crippen LogP contribution in [0.5, 0.6) is 0 Å². The van der Waals surface area contributed by atoms with Gasteiger partial charge < -0.3 is 4.74 Å². The molecule has 0 saturated carbocycles. The predicted molar refractivity (Wildman–Crippen MR) is 135 cm³/mol.